The number of nitrogens with one attached hydrogen (secondary N) is 1. The Morgan fingerprint density at radius 3 is 2.14 bits per heavy atom. The lowest BCUT2D eigenvalue weighted by atomic mass is 9.74. The fourth-order valence-electron chi connectivity index (χ4n) is 2.96. The van der Waals surface area contributed by atoms with Crippen molar-refractivity contribution >= 4 is 11.6 Å². The molecule has 0 amide bonds. The Balaban J connectivity index is 2.51. The first kappa shape index (κ1) is 16.1. The molecule has 1 N–H and O–H groups in total. The van der Waals surface area contributed by atoms with E-state index >= 15 is 0 Å². The van der Waals surface area contributed by atoms with Gasteiger partial charge in [0.15, 0.2) is 0 Å². The summed E-state index contributed by atoms with van der Waals surface area (Å²) in [5.41, 5.74) is 4.92. The molecule has 0 heterocycles. The summed E-state index contributed by atoms with van der Waals surface area (Å²) < 4.78 is 0. The summed E-state index contributed by atoms with van der Waals surface area (Å²) in [6.45, 7) is 8.75. The highest BCUT2D eigenvalue weighted by molar-refractivity contribution is 6.31. The van der Waals surface area contributed by atoms with Crippen molar-refractivity contribution in [3.8, 4) is 0 Å². The summed E-state index contributed by atoms with van der Waals surface area (Å²) in [7, 11) is 2.00. The van der Waals surface area contributed by atoms with Gasteiger partial charge in [-0.15, -0.1) is 0 Å². The zero-order valence-corrected chi connectivity index (χ0v) is 14.3. The van der Waals surface area contributed by atoms with E-state index < -0.39 is 0 Å². The van der Waals surface area contributed by atoms with Gasteiger partial charge >= 0.3 is 0 Å². The van der Waals surface area contributed by atoms with Crippen LogP contribution in [0.25, 0.3) is 0 Å². The second-order valence-electron chi connectivity index (χ2n) is 6.27. The molecule has 0 aromatic heterocycles. The Hall–Kier alpha value is -1.31. The lowest BCUT2D eigenvalue weighted by Gasteiger charge is -2.36. The molecule has 2 rings (SSSR count). The third kappa shape index (κ3) is 3.14. The Kier molecular flexibility index (Phi) is 4.75. The van der Waals surface area contributed by atoms with E-state index in [0.29, 0.717) is 0 Å². The van der Waals surface area contributed by atoms with Crippen molar-refractivity contribution in [2.75, 3.05) is 7.05 Å². The van der Waals surface area contributed by atoms with E-state index in [0.717, 1.165) is 10.6 Å². The number of hydrogen-bond donors (Lipinski definition) is 1. The zero-order chi connectivity index (χ0) is 15.6. The molecule has 1 unspecified atom stereocenters. The summed E-state index contributed by atoms with van der Waals surface area (Å²) in [5.74, 6) is 0. The van der Waals surface area contributed by atoms with Gasteiger partial charge in [0.05, 0.1) is 0 Å². The van der Waals surface area contributed by atoms with E-state index in [1.807, 2.05) is 7.05 Å². The molecule has 1 nitrogen and oxygen atoms in total. The van der Waals surface area contributed by atoms with Crippen molar-refractivity contribution in [3.05, 3.63) is 69.7 Å². The molecular formula is C19H24ClN. The maximum Gasteiger partial charge on any atom is 0.0456 e. The number of aryl methyl sites for hydroxylation is 2. The van der Waals surface area contributed by atoms with E-state index in [2.05, 4.69) is 75.5 Å². The molecule has 0 aliphatic rings. The van der Waals surface area contributed by atoms with Crippen molar-refractivity contribution in [2.24, 2.45) is 0 Å². The highest BCUT2D eigenvalue weighted by Crippen LogP contribution is 2.39. The third-order valence-electron chi connectivity index (χ3n) is 4.45. The molecule has 0 aliphatic heterocycles. The van der Waals surface area contributed by atoms with Gasteiger partial charge in [-0.3, -0.25) is 0 Å². The van der Waals surface area contributed by atoms with Crippen LogP contribution in [0, 0.1) is 13.8 Å². The molecule has 21 heavy (non-hydrogen) atoms. The van der Waals surface area contributed by atoms with Gasteiger partial charge < -0.3 is 5.32 Å². The van der Waals surface area contributed by atoms with E-state index in [9.17, 15) is 0 Å². The summed E-state index contributed by atoms with van der Waals surface area (Å²) in [6.07, 6.45) is 0. The van der Waals surface area contributed by atoms with Crippen LogP contribution in [0.15, 0.2) is 42.5 Å². The van der Waals surface area contributed by atoms with Gasteiger partial charge in [-0.2, -0.15) is 0 Å². The van der Waals surface area contributed by atoms with Crippen LogP contribution >= 0.6 is 11.6 Å². The largest absolute Gasteiger partial charge is 0.312 e. The summed E-state index contributed by atoms with van der Waals surface area (Å²) in [6, 6.07) is 15.0. The fourth-order valence-corrected chi connectivity index (χ4v) is 3.29. The minimum atomic E-state index is -0.0542. The molecule has 0 saturated carbocycles. The van der Waals surface area contributed by atoms with Gasteiger partial charge in [0.1, 0.15) is 0 Å². The maximum atomic E-state index is 6.53. The normalized spacial score (nSPS) is 13.2. The van der Waals surface area contributed by atoms with E-state index in [4.69, 9.17) is 11.6 Å². The molecule has 0 fully saturated rings. The van der Waals surface area contributed by atoms with Gasteiger partial charge in [0, 0.05) is 16.5 Å². The highest BCUT2D eigenvalue weighted by atomic mass is 35.5. The van der Waals surface area contributed by atoms with Gasteiger partial charge in [-0.25, -0.2) is 0 Å². The monoisotopic (exact) mass is 301 g/mol. The Labute approximate surface area is 133 Å². The number of halogens is 1. The van der Waals surface area contributed by atoms with Crippen LogP contribution in [0.4, 0.5) is 0 Å². The number of benzene rings is 2. The molecule has 2 aromatic carbocycles. The predicted octanol–water partition coefficient (Wildman–Crippen LogP) is 5.20. The standard InChI is InChI=1S/C19H24ClN/c1-13-11-16(17(20)12-14(13)2)18(21-5)19(3,4)15-9-7-6-8-10-15/h6-12,18,21H,1-5H3. The van der Waals surface area contributed by atoms with Crippen LogP contribution in [0.1, 0.15) is 42.1 Å². The molecule has 112 valence electrons. The molecular weight excluding hydrogens is 278 g/mol. The Morgan fingerprint density at radius 2 is 1.57 bits per heavy atom. The molecule has 0 aliphatic carbocycles. The van der Waals surface area contributed by atoms with E-state index in [1.54, 1.807) is 0 Å². The van der Waals surface area contributed by atoms with Crippen LogP contribution in [0.5, 0.6) is 0 Å². The molecule has 0 bridgehead atoms. The first-order chi connectivity index (χ1) is 9.87. The second kappa shape index (κ2) is 6.21. The summed E-state index contributed by atoms with van der Waals surface area (Å²) in [5, 5.41) is 4.29. The van der Waals surface area contributed by atoms with Crippen LogP contribution in [0.3, 0.4) is 0 Å². The lowest BCUT2D eigenvalue weighted by molar-refractivity contribution is 0.368. The minimum Gasteiger partial charge on any atom is -0.312 e. The van der Waals surface area contributed by atoms with Gasteiger partial charge in [-0.1, -0.05) is 61.8 Å². The average molecular weight is 302 g/mol. The quantitative estimate of drug-likeness (QED) is 0.819. The third-order valence-corrected chi connectivity index (χ3v) is 4.78. The zero-order valence-electron chi connectivity index (χ0n) is 13.5. The SMILES string of the molecule is CNC(c1cc(C)c(C)cc1Cl)C(C)(C)c1ccccc1. The second-order valence-corrected chi connectivity index (χ2v) is 6.67. The molecule has 0 radical (unpaired) electrons. The van der Waals surface area contributed by atoms with E-state index in [-0.39, 0.29) is 11.5 Å². The number of rotatable bonds is 4. The van der Waals surface area contributed by atoms with Crippen molar-refractivity contribution in [1.29, 1.82) is 0 Å². The summed E-state index contributed by atoms with van der Waals surface area (Å²) in [4.78, 5) is 0. The molecule has 2 heteroatoms. The molecule has 0 saturated heterocycles. The number of hydrogen-bond acceptors (Lipinski definition) is 1. The first-order valence-electron chi connectivity index (χ1n) is 7.37. The molecule has 0 spiro atoms. The van der Waals surface area contributed by atoms with Crippen LogP contribution in [-0.2, 0) is 5.41 Å². The smallest absolute Gasteiger partial charge is 0.0456 e. The van der Waals surface area contributed by atoms with Crippen molar-refractivity contribution < 1.29 is 0 Å². The van der Waals surface area contributed by atoms with Crippen LogP contribution < -0.4 is 5.32 Å². The van der Waals surface area contributed by atoms with Crippen molar-refractivity contribution in [2.45, 2.75) is 39.2 Å². The Morgan fingerprint density at radius 1 is 1.00 bits per heavy atom. The fraction of sp³-hybridized carbons (Fsp3) is 0.368. The van der Waals surface area contributed by atoms with Crippen molar-refractivity contribution in [1.82, 2.24) is 5.32 Å². The van der Waals surface area contributed by atoms with Crippen LogP contribution in [-0.4, -0.2) is 7.05 Å². The predicted molar refractivity (Wildman–Crippen MR) is 92.2 cm³/mol. The highest BCUT2D eigenvalue weighted by Gasteiger charge is 2.32. The van der Waals surface area contributed by atoms with Gasteiger partial charge in [0.2, 0.25) is 0 Å². The average Bonchev–Trinajstić information content (AvgIpc) is 2.46. The topological polar surface area (TPSA) is 12.0 Å². The maximum absolute atomic E-state index is 6.53. The van der Waals surface area contributed by atoms with E-state index in [1.165, 1.54) is 16.7 Å². The van der Waals surface area contributed by atoms with Gasteiger partial charge in [0.25, 0.3) is 0 Å². The van der Waals surface area contributed by atoms with Crippen molar-refractivity contribution in [3.63, 3.8) is 0 Å². The summed E-state index contributed by atoms with van der Waals surface area (Å²) >= 11 is 6.53. The first-order valence-corrected chi connectivity index (χ1v) is 7.75. The minimum absolute atomic E-state index is 0.0542. The van der Waals surface area contributed by atoms with Crippen LogP contribution in [0.2, 0.25) is 5.02 Å². The molecule has 2 aromatic rings. The molecule has 1 atom stereocenters. The number of likely N-dealkylation sites (N-methyl/N-ethyl adjacent to an activating group) is 1. The Bertz CT molecular complexity index is 617. The lowest BCUT2D eigenvalue weighted by Crippen LogP contribution is -2.35. The van der Waals surface area contributed by atoms with Gasteiger partial charge in [-0.05, 0) is 49.2 Å².